The topological polar surface area (TPSA) is 83.9 Å². The van der Waals surface area contributed by atoms with Crippen LogP contribution in [0.25, 0.3) is 4.96 Å². The van der Waals surface area contributed by atoms with Gasteiger partial charge in [-0.05, 0) is 33.0 Å². The number of imidazole rings is 1. The molecule has 9 heteroatoms. The Morgan fingerprint density at radius 1 is 1.43 bits per heavy atom. The fourth-order valence-electron chi connectivity index (χ4n) is 2.73. The van der Waals surface area contributed by atoms with Gasteiger partial charge in [0.25, 0.3) is 10.0 Å². The minimum atomic E-state index is -3.64. The predicted molar refractivity (Wildman–Crippen MR) is 82.9 cm³/mol. The molecular formula is C12H19N5O2S2. The molecule has 2 N–H and O–H groups in total. The zero-order valence-electron chi connectivity index (χ0n) is 12.1. The number of aromatic nitrogens is 2. The quantitative estimate of drug-likeness (QED) is 0.896. The first-order valence-electron chi connectivity index (χ1n) is 6.79. The van der Waals surface area contributed by atoms with Crippen molar-refractivity contribution >= 4 is 32.1 Å². The van der Waals surface area contributed by atoms with Crippen molar-refractivity contribution in [1.29, 1.82) is 0 Å². The van der Waals surface area contributed by atoms with Crippen LogP contribution in [-0.4, -0.2) is 60.2 Å². The van der Waals surface area contributed by atoms with Gasteiger partial charge in [0.05, 0.1) is 0 Å². The molecule has 0 atom stereocenters. The molecule has 0 radical (unpaired) electrons. The third-order valence-corrected chi connectivity index (χ3v) is 6.78. The minimum absolute atomic E-state index is 0.00906. The molecule has 2 aromatic heterocycles. The van der Waals surface area contributed by atoms with Gasteiger partial charge in [0.1, 0.15) is 0 Å². The fraction of sp³-hybridized carbons (Fsp3) is 0.583. The van der Waals surface area contributed by atoms with Crippen molar-refractivity contribution in [1.82, 2.24) is 18.6 Å². The van der Waals surface area contributed by atoms with Crippen LogP contribution in [0.15, 0.2) is 16.6 Å². The van der Waals surface area contributed by atoms with Gasteiger partial charge in [-0.2, -0.15) is 4.31 Å². The molecule has 0 aromatic carbocycles. The van der Waals surface area contributed by atoms with Crippen molar-refractivity contribution in [2.75, 3.05) is 32.9 Å². The molecule has 3 rings (SSSR count). The van der Waals surface area contributed by atoms with Gasteiger partial charge in [0, 0.05) is 24.7 Å². The lowest BCUT2D eigenvalue weighted by Gasteiger charge is -2.34. The number of hydrogen-bond acceptors (Lipinski definition) is 6. The van der Waals surface area contributed by atoms with E-state index in [-0.39, 0.29) is 16.9 Å². The summed E-state index contributed by atoms with van der Waals surface area (Å²) in [5, 5.41) is 1.89. The third-order valence-electron chi connectivity index (χ3n) is 4.07. The van der Waals surface area contributed by atoms with Gasteiger partial charge in [-0.1, -0.05) is 0 Å². The molecule has 2 aromatic rings. The van der Waals surface area contributed by atoms with Crippen LogP contribution in [0.5, 0.6) is 0 Å². The van der Waals surface area contributed by atoms with Crippen LogP contribution in [-0.2, 0) is 10.0 Å². The summed E-state index contributed by atoms with van der Waals surface area (Å²) in [6.07, 6.45) is 3.36. The Hall–Kier alpha value is -1.16. The van der Waals surface area contributed by atoms with Crippen molar-refractivity contribution < 1.29 is 8.42 Å². The lowest BCUT2D eigenvalue weighted by atomic mass is 10.1. The number of nitrogens with two attached hydrogens (primary N) is 1. The second kappa shape index (κ2) is 5.24. The van der Waals surface area contributed by atoms with Crippen molar-refractivity contribution in [3.63, 3.8) is 0 Å². The molecule has 0 amide bonds. The number of nitrogen functional groups attached to an aromatic ring is 1. The van der Waals surface area contributed by atoms with E-state index in [4.69, 9.17) is 5.73 Å². The van der Waals surface area contributed by atoms with Crippen molar-refractivity contribution in [2.45, 2.75) is 23.9 Å². The Balaban J connectivity index is 1.96. The highest BCUT2D eigenvalue weighted by atomic mass is 32.2. The summed E-state index contributed by atoms with van der Waals surface area (Å²) in [4.78, 5) is 6.93. The van der Waals surface area contributed by atoms with E-state index >= 15 is 0 Å². The molecule has 0 aliphatic carbocycles. The van der Waals surface area contributed by atoms with Gasteiger partial charge in [-0.25, -0.2) is 13.4 Å². The smallest absolute Gasteiger partial charge is 0.262 e. The van der Waals surface area contributed by atoms with Crippen LogP contribution in [0.4, 0.5) is 5.82 Å². The van der Waals surface area contributed by atoms with Gasteiger partial charge in [-0.15, -0.1) is 11.3 Å². The Bertz CT molecular complexity index is 743. The molecule has 1 saturated heterocycles. The van der Waals surface area contributed by atoms with Crippen LogP contribution in [0, 0.1) is 0 Å². The first-order chi connectivity index (χ1) is 9.91. The number of thiazole rings is 1. The predicted octanol–water partition coefficient (Wildman–Crippen LogP) is 0.693. The number of hydrogen-bond donors (Lipinski definition) is 1. The fourth-order valence-corrected chi connectivity index (χ4v) is 5.09. The summed E-state index contributed by atoms with van der Waals surface area (Å²) in [7, 11) is 0.0426. The Kier molecular flexibility index (Phi) is 3.68. The minimum Gasteiger partial charge on any atom is -0.381 e. The normalized spacial score (nSPS) is 18.8. The highest BCUT2D eigenvalue weighted by molar-refractivity contribution is 7.89. The summed E-state index contributed by atoms with van der Waals surface area (Å²) in [5.74, 6) is 0.0710. The van der Waals surface area contributed by atoms with Gasteiger partial charge in [-0.3, -0.25) is 4.40 Å². The number of likely N-dealkylation sites (tertiary alicyclic amines) is 1. The van der Waals surface area contributed by atoms with E-state index in [0.29, 0.717) is 4.96 Å². The van der Waals surface area contributed by atoms with E-state index in [1.54, 1.807) is 23.0 Å². The van der Waals surface area contributed by atoms with Crippen LogP contribution in [0.2, 0.25) is 0 Å². The molecule has 3 heterocycles. The molecule has 0 unspecified atom stereocenters. The number of fused-ring (bicyclic) bond motifs is 1. The Labute approximate surface area is 128 Å². The average Bonchev–Trinajstić information content (AvgIpc) is 2.98. The van der Waals surface area contributed by atoms with Crippen molar-refractivity contribution in [3.05, 3.63) is 11.6 Å². The van der Waals surface area contributed by atoms with E-state index in [2.05, 4.69) is 16.9 Å². The van der Waals surface area contributed by atoms with Crippen LogP contribution < -0.4 is 5.73 Å². The SMILES string of the molecule is CN1CCC(N(C)S(=O)(=O)c2c(N)nc3sccn23)CC1. The lowest BCUT2D eigenvalue weighted by Crippen LogP contribution is -2.44. The van der Waals surface area contributed by atoms with Crippen molar-refractivity contribution in [3.8, 4) is 0 Å². The monoisotopic (exact) mass is 329 g/mol. The largest absolute Gasteiger partial charge is 0.381 e. The maximum absolute atomic E-state index is 12.9. The first kappa shape index (κ1) is 14.8. The summed E-state index contributed by atoms with van der Waals surface area (Å²) in [6.45, 7) is 1.81. The lowest BCUT2D eigenvalue weighted by molar-refractivity contribution is 0.197. The van der Waals surface area contributed by atoms with Gasteiger partial charge >= 0.3 is 0 Å². The number of sulfonamides is 1. The number of anilines is 1. The van der Waals surface area contributed by atoms with Crippen LogP contribution in [0.1, 0.15) is 12.8 Å². The van der Waals surface area contributed by atoms with E-state index in [1.807, 2.05) is 0 Å². The summed E-state index contributed by atoms with van der Waals surface area (Å²) < 4.78 is 28.8. The Morgan fingerprint density at radius 2 is 2.10 bits per heavy atom. The van der Waals surface area contributed by atoms with E-state index in [9.17, 15) is 8.42 Å². The molecule has 1 aliphatic rings. The van der Waals surface area contributed by atoms with Gasteiger partial charge in [0.2, 0.25) is 0 Å². The van der Waals surface area contributed by atoms with Crippen LogP contribution >= 0.6 is 11.3 Å². The van der Waals surface area contributed by atoms with E-state index in [1.165, 1.54) is 15.6 Å². The van der Waals surface area contributed by atoms with E-state index in [0.717, 1.165) is 25.9 Å². The zero-order valence-corrected chi connectivity index (χ0v) is 13.7. The second-order valence-electron chi connectivity index (χ2n) is 5.41. The molecule has 21 heavy (non-hydrogen) atoms. The van der Waals surface area contributed by atoms with Crippen molar-refractivity contribution in [2.24, 2.45) is 0 Å². The number of rotatable bonds is 3. The Morgan fingerprint density at radius 3 is 2.76 bits per heavy atom. The first-order valence-corrected chi connectivity index (χ1v) is 9.11. The van der Waals surface area contributed by atoms with E-state index < -0.39 is 10.0 Å². The molecule has 0 bridgehead atoms. The molecule has 7 nitrogen and oxygen atoms in total. The summed E-state index contributed by atoms with van der Waals surface area (Å²) >= 11 is 1.37. The summed E-state index contributed by atoms with van der Waals surface area (Å²) in [6, 6.07) is 0.00906. The van der Waals surface area contributed by atoms with Gasteiger partial charge in [0.15, 0.2) is 15.8 Å². The summed E-state index contributed by atoms with van der Waals surface area (Å²) in [5.41, 5.74) is 5.83. The average molecular weight is 329 g/mol. The third kappa shape index (κ3) is 2.44. The molecule has 0 spiro atoms. The molecule has 0 saturated carbocycles. The number of piperidine rings is 1. The maximum Gasteiger partial charge on any atom is 0.262 e. The molecular weight excluding hydrogens is 310 g/mol. The molecule has 1 aliphatic heterocycles. The number of nitrogens with zero attached hydrogens (tertiary/aromatic N) is 4. The highest BCUT2D eigenvalue weighted by Gasteiger charge is 2.34. The molecule has 116 valence electrons. The van der Waals surface area contributed by atoms with Crippen LogP contribution in [0.3, 0.4) is 0 Å². The van der Waals surface area contributed by atoms with Gasteiger partial charge < -0.3 is 10.6 Å². The standard InChI is InChI=1S/C12H19N5O2S2/c1-15-5-3-9(4-6-15)16(2)21(18,19)11-10(13)14-12-17(11)7-8-20-12/h7-9H,3-6,13H2,1-2H3. The zero-order chi connectivity index (χ0) is 15.2. The highest BCUT2D eigenvalue weighted by Crippen LogP contribution is 2.28. The molecule has 1 fully saturated rings. The second-order valence-corrected chi connectivity index (χ2v) is 8.20. The maximum atomic E-state index is 12.9.